The molecule has 0 saturated carbocycles. The van der Waals surface area contributed by atoms with E-state index in [4.69, 9.17) is 5.11 Å². The van der Waals surface area contributed by atoms with Crippen molar-refractivity contribution < 1.29 is 5.11 Å². The second-order valence-electron chi connectivity index (χ2n) is 5.03. The molecule has 96 valence electrons. The summed E-state index contributed by atoms with van der Waals surface area (Å²) in [6, 6.07) is 1.62. The van der Waals surface area contributed by atoms with Gasteiger partial charge in [0.1, 0.15) is 0 Å². The molecule has 2 N–H and O–H groups in total. The van der Waals surface area contributed by atoms with Gasteiger partial charge >= 0.3 is 0 Å². The van der Waals surface area contributed by atoms with Crippen LogP contribution in [0.25, 0.3) is 0 Å². The number of nitrogens with one attached hydrogen (secondary N) is 1. The van der Waals surface area contributed by atoms with E-state index in [1.54, 1.807) is 0 Å². The zero-order valence-electron chi connectivity index (χ0n) is 11.1. The minimum atomic E-state index is 0.240. The van der Waals surface area contributed by atoms with Gasteiger partial charge in [0.25, 0.3) is 0 Å². The second-order valence-corrected chi connectivity index (χ2v) is 5.03. The first kappa shape index (κ1) is 13.9. The molecule has 1 atom stereocenters. The average molecular weight is 228 g/mol. The topological polar surface area (TPSA) is 35.5 Å². The highest BCUT2D eigenvalue weighted by Gasteiger charge is 2.23. The monoisotopic (exact) mass is 228 g/mol. The van der Waals surface area contributed by atoms with E-state index in [1.165, 1.54) is 38.8 Å². The first-order valence-electron chi connectivity index (χ1n) is 6.82. The Morgan fingerprint density at radius 1 is 1.25 bits per heavy atom. The normalized spacial score (nSPS) is 21.6. The highest BCUT2D eigenvalue weighted by Crippen LogP contribution is 2.17. The Morgan fingerprint density at radius 2 is 1.81 bits per heavy atom. The van der Waals surface area contributed by atoms with Crippen LogP contribution in [0.5, 0.6) is 0 Å². The third-order valence-electron chi connectivity index (χ3n) is 3.78. The van der Waals surface area contributed by atoms with Crippen molar-refractivity contribution in [3.8, 4) is 0 Å². The molecule has 16 heavy (non-hydrogen) atoms. The van der Waals surface area contributed by atoms with E-state index in [-0.39, 0.29) is 12.6 Å². The van der Waals surface area contributed by atoms with Gasteiger partial charge in [-0.25, -0.2) is 0 Å². The van der Waals surface area contributed by atoms with Crippen LogP contribution in [0.2, 0.25) is 0 Å². The van der Waals surface area contributed by atoms with Crippen LogP contribution in [0, 0.1) is 0 Å². The van der Waals surface area contributed by atoms with E-state index in [0.29, 0.717) is 6.04 Å². The van der Waals surface area contributed by atoms with E-state index in [0.717, 1.165) is 6.04 Å². The molecule has 0 radical (unpaired) electrons. The van der Waals surface area contributed by atoms with Crippen LogP contribution in [0.3, 0.4) is 0 Å². The number of likely N-dealkylation sites (tertiary alicyclic amines) is 1. The highest BCUT2D eigenvalue weighted by atomic mass is 16.3. The van der Waals surface area contributed by atoms with Gasteiger partial charge in [0.15, 0.2) is 0 Å². The number of hydrogen-bond donors (Lipinski definition) is 2. The van der Waals surface area contributed by atoms with Crippen LogP contribution in [-0.2, 0) is 0 Å². The fourth-order valence-electron chi connectivity index (χ4n) is 2.69. The van der Waals surface area contributed by atoms with Crippen molar-refractivity contribution in [1.29, 1.82) is 0 Å². The molecule has 3 nitrogen and oxygen atoms in total. The summed E-state index contributed by atoms with van der Waals surface area (Å²) in [7, 11) is 0. The summed E-state index contributed by atoms with van der Waals surface area (Å²) < 4.78 is 0. The maximum Gasteiger partial charge on any atom is 0.0582 e. The van der Waals surface area contributed by atoms with Crippen molar-refractivity contribution in [2.24, 2.45) is 0 Å². The Morgan fingerprint density at radius 3 is 2.25 bits per heavy atom. The molecule has 1 aliphatic rings. The molecule has 0 aromatic heterocycles. The third-order valence-corrected chi connectivity index (χ3v) is 3.78. The zero-order valence-corrected chi connectivity index (χ0v) is 11.1. The predicted molar refractivity (Wildman–Crippen MR) is 68.6 cm³/mol. The lowest BCUT2D eigenvalue weighted by atomic mass is 10.0. The quantitative estimate of drug-likeness (QED) is 0.725. The van der Waals surface area contributed by atoms with Gasteiger partial charge in [0.05, 0.1) is 6.61 Å². The molecule has 1 saturated heterocycles. The molecular weight excluding hydrogens is 200 g/mol. The fraction of sp³-hybridized carbons (Fsp3) is 1.00. The van der Waals surface area contributed by atoms with Crippen molar-refractivity contribution in [3.05, 3.63) is 0 Å². The van der Waals surface area contributed by atoms with Crippen molar-refractivity contribution in [1.82, 2.24) is 10.2 Å². The van der Waals surface area contributed by atoms with Crippen LogP contribution in [-0.4, -0.2) is 47.8 Å². The van der Waals surface area contributed by atoms with Gasteiger partial charge in [-0.3, -0.25) is 0 Å². The van der Waals surface area contributed by atoms with Gasteiger partial charge in [-0.05, 0) is 45.7 Å². The minimum Gasteiger partial charge on any atom is -0.395 e. The Balaban J connectivity index is 2.27. The van der Waals surface area contributed by atoms with Crippen molar-refractivity contribution >= 4 is 0 Å². The van der Waals surface area contributed by atoms with E-state index >= 15 is 0 Å². The van der Waals surface area contributed by atoms with Crippen LogP contribution in [0.1, 0.15) is 46.5 Å². The molecule has 1 aliphatic heterocycles. The van der Waals surface area contributed by atoms with Gasteiger partial charge in [0.2, 0.25) is 0 Å². The summed E-state index contributed by atoms with van der Waals surface area (Å²) >= 11 is 0. The number of nitrogens with zero attached hydrogens (tertiary/aromatic N) is 1. The molecule has 0 aromatic rings. The second kappa shape index (κ2) is 7.25. The lowest BCUT2D eigenvalue weighted by Crippen LogP contribution is -2.48. The number of piperidine rings is 1. The summed E-state index contributed by atoms with van der Waals surface area (Å²) in [6.07, 6.45) is 4.98. The van der Waals surface area contributed by atoms with Gasteiger partial charge in [-0.2, -0.15) is 0 Å². The summed E-state index contributed by atoms with van der Waals surface area (Å²) in [4.78, 5) is 2.63. The van der Waals surface area contributed by atoms with Crippen LogP contribution in [0.15, 0.2) is 0 Å². The Bertz CT molecular complexity index is 175. The Kier molecular flexibility index (Phi) is 6.32. The molecule has 0 amide bonds. The molecule has 3 heteroatoms. The van der Waals surface area contributed by atoms with Crippen LogP contribution in [0.4, 0.5) is 0 Å². The lowest BCUT2D eigenvalue weighted by molar-refractivity contribution is 0.127. The molecule has 0 bridgehead atoms. The molecular formula is C13H28N2O. The van der Waals surface area contributed by atoms with E-state index in [1.807, 2.05) is 6.92 Å². The minimum absolute atomic E-state index is 0.240. The molecule has 1 rings (SSSR count). The predicted octanol–water partition coefficient (Wildman–Crippen LogP) is 1.61. The summed E-state index contributed by atoms with van der Waals surface area (Å²) in [5, 5.41) is 12.5. The van der Waals surface area contributed by atoms with E-state index < -0.39 is 0 Å². The number of hydrogen-bond acceptors (Lipinski definition) is 3. The molecule has 0 unspecified atom stereocenters. The van der Waals surface area contributed by atoms with E-state index in [2.05, 4.69) is 24.1 Å². The van der Waals surface area contributed by atoms with Gasteiger partial charge < -0.3 is 15.3 Å². The molecule has 1 fully saturated rings. The first-order valence-corrected chi connectivity index (χ1v) is 6.82. The van der Waals surface area contributed by atoms with Gasteiger partial charge in [0, 0.05) is 18.1 Å². The fourth-order valence-corrected chi connectivity index (χ4v) is 2.69. The smallest absolute Gasteiger partial charge is 0.0582 e. The van der Waals surface area contributed by atoms with E-state index in [9.17, 15) is 0 Å². The Labute approximate surface area is 100 Å². The van der Waals surface area contributed by atoms with Gasteiger partial charge in [-0.1, -0.05) is 13.8 Å². The van der Waals surface area contributed by atoms with Crippen LogP contribution < -0.4 is 5.32 Å². The summed E-state index contributed by atoms with van der Waals surface area (Å²) in [6.45, 7) is 9.28. The average Bonchev–Trinajstić information content (AvgIpc) is 2.32. The Hall–Kier alpha value is -0.120. The molecule has 0 aliphatic carbocycles. The van der Waals surface area contributed by atoms with Crippen molar-refractivity contribution in [3.63, 3.8) is 0 Å². The van der Waals surface area contributed by atoms with Gasteiger partial charge in [-0.15, -0.1) is 0 Å². The highest BCUT2D eigenvalue weighted by molar-refractivity contribution is 4.82. The van der Waals surface area contributed by atoms with Crippen molar-refractivity contribution in [2.75, 3.05) is 19.7 Å². The molecule has 0 spiro atoms. The molecule has 1 heterocycles. The first-order chi connectivity index (χ1) is 7.71. The lowest BCUT2D eigenvalue weighted by Gasteiger charge is -2.38. The summed E-state index contributed by atoms with van der Waals surface area (Å²) in [5.74, 6) is 0. The maximum absolute atomic E-state index is 9.01. The SMILES string of the molecule is CCC(CC)N1CCC(N[C@@H](C)CO)CC1. The number of aliphatic hydroxyl groups is 1. The zero-order chi connectivity index (χ0) is 12.0. The van der Waals surface area contributed by atoms with Crippen molar-refractivity contribution in [2.45, 2.75) is 64.6 Å². The number of aliphatic hydroxyl groups excluding tert-OH is 1. The van der Waals surface area contributed by atoms with Crippen LogP contribution >= 0.6 is 0 Å². The number of rotatable bonds is 6. The maximum atomic E-state index is 9.01. The standard InChI is InChI=1S/C13H28N2O/c1-4-13(5-2)15-8-6-12(7-9-15)14-11(3)10-16/h11-14,16H,4-10H2,1-3H3/t11-/m0/s1. The third kappa shape index (κ3) is 4.04. The molecule has 0 aromatic carbocycles. The summed E-state index contributed by atoms with van der Waals surface area (Å²) in [5.41, 5.74) is 0. The largest absolute Gasteiger partial charge is 0.395 e.